The van der Waals surface area contributed by atoms with Crippen LogP contribution in [0.25, 0.3) is 0 Å². The summed E-state index contributed by atoms with van der Waals surface area (Å²) in [5, 5.41) is 3.05. The summed E-state index contributed by atoms with van der Waals surface area (Å²) in [6.45, 7) is 9.56. The van der Waals surface area contributed by atoms with E-state index in [-0.39, 0.29) is 30.6 Å². The predicted octanol–water partition coefficient (Wildman–Crippen LogP) is 4.32. The summed E-state index contributed by atoms with van der Waals surface area (Å²) in [7, 11) is 0. The molecule has 3 aliphatic rings. The first kappa shape index (κ1) is 30.2. The van der Waals surface area contributed by atoms with Gasteiger partial charge < -0.3 is 29.3 Å². The fourth-order valence-electron chi connectivity index (χ4n) is 6.07. The van der Waals surface area contributed by atoms with Gasteiger partial charge in [0.15, 0.2) is 17.7 Å². The lowest BCUT2D eigenvalue weighted by molar-refractivity contribution is -0.191. The second-order valence-electron chi connectivity index (χ2n) is 11.2. The third-order valence-electron chi connectivity index (χ3n) is 8.87. The Balaban J connectivity index is 1.29. The number of urea groups is 1. The molecule has 2 aromatic carbocycles. The molecule has 0 spiro atoms. The maximum atomic E-state index is 13.6. The van der Waals surface area contributed by atoms with Crippen molar-refractivity contribution in [3.8, 4) is 17.2 Å². The number of hydrogen-bond donors (Lipinski definition) is 1. The number of piperazine rings is 1. The molecule has 0 unspecified atom stereocenters. The Kier molecular flexibility index (Phi) is 8.79. The molecule has 1 N–H and O–H groups in total. The van der Waals surface area contributed by atoms with Crippen molar-refractivity contribution >= 4 is 23.8 Å². The van der Waals surface area contributed by atoms with Gasteiger partial charge in [-0.1, -0.05) is 33.3 Å². The predicted molar refractivity (Wildman–Crippen MR) is 158 cm³/mol. The molecule has 3 heterocycles. The fourth-order valence-corrected chi connectivity index (χ4v) is 6.07. The van der Waals surface area contributed by atoms with Crippen molar-refractivity contribution in [2.24, 2.45) is 5.41 Å². The van der Waals surface area contributed by atoms with Crippen LogP contribution in [0.2, 0.25) is 0 Å². The van der Waals surface area contributed by atoms with Gasteiger partial charge in [-0.2, -0.15) is 0 Å². The van der Waals surface area contributed by atoms with Crippen molar-refractivity contribution in [3.05, 3.63) is 53.6 Å². The number of ether oxygens (including phenoxy) is 3. The Morgan fingerprint density at radius 2 is 1.60 bits per heavy atom. The number of benzene rings is 2. The normalized spacial score (nSPS) is 19.5. The topological polar surface area (TPSA) is 118 Å². The van der Waals surface area contributed by atoms with Gasteiger partial charge in [0.25, 0.3) is 5.91 Å². The van der Waals surface area contributed by atoms with E-state index in [1.54, 1.807) is 34.1 Å². The van der Waals surface area contributed by atoms with Gasteiger partial charge in [-0.3, -0.25) is 14.4 Å². The summed E-state index contributed by atoms with van der Waals surface area (Å²) in [5.41, 5.74) is 0.540. The zero-order valence-corrected chi connectivity index (χ0v) is 25.3. The SMILES string of the molecule is CCC[C@@H](NC(=O)N1C(=O)C(CC)(CC)[C@@H]1Oc1ccc(C(=O)N2CCN(C(C)=O)CC2)cc1)c1ccc2c(c1)OCO2. The van der Waals surface area contributed by atoms with Crippen LogP contribution in [0.15, 0.2) is 42.5 Å². The molecule has 0 bridgehead atoms. The number of likely N-dealkylation sites (tertiary alicyclic amines) is 1. The van der Waals surface area contributed by atoms with E-state index >= 15 is 0 Å². The second-order valence-corrected chi connectivity index (χ2v) is 11.2. The van der Waals surface area contributed by atoms with E-state index in [2.05, 4.69) is 5.32 Å². The molecule has 230 valence electrons. The van der Waals surface area contributed by atoms with Gasteiger partial charge >= 0.3 is 6.03 Å². The highest BCUT2D eigenvalue weighted by molar-refractivity contribution is 6.03. The van der Waals surface area contributed by atoms with Gasteiger partial charge in [-0.05, 0) is 61.2 Å². The molecule has 5 amide bonds. The number of hydrogen-bond acceptors (Lipinski definition) is 7. The summed E-state index contributed by atoms with van der Waals surface area (Å²) in [6.07, 6.45) is 1.72. The van der Waals surface area contributed by atoms with Gasteiger partial charge in [0.2, 0.25) is 18.6 Å². The average Bonchev–Trinajstić information content (AvgIpc) is 3.49. The van der Waals surface area contributed by atoms with Gasteiger partial charge in [0.05, 0.1) is 6.04 Å². The van der Waals surface area contributed by atoms with Gasteiger partial charge in [0.1, 0.15) is 11.2 Å². The minimum absolute atomic E-state index is 0.00912. The zero-order valence-electron chi connectivity index (χ0n) is 25.3. The number of β-lactam (4-membered cyclic amide) rings is 1. The van der Waals surface area contributed by atoms with Crippen LogP contribution in [0.3, 0.4) is 0 Å². The molecule has 5 rings (SSSR count). The van der Waals surface area contributed by atoms with Gasteiger partial charge in [-0.25, -0.2) is 9.69 Å². The number of carbonyl (C=O) groups is 4. The Labute approximate surface area is 252 Å². The van der Waals surface area contributed by atoms with E-state index in [4.69, 9.17) is 14.2 Å². The van der Waals surface area contributed by atoms with Crippen LogP contribution in [0.1, 0.15) is 75.3 Å². The fraction of sp³-hybridized carbons (Fsp3) is 0.500. The van der Waals surface area contributed by atoms with Crippen molar-refractivity contribution < 1.29 is 33.4 Å². The lowest BCUT2D eigenvalue weighted by atomic mass is 9.72. The molecule has 11 heteroatoms. The van der Waals surface area contributed by atoms with Crippen molar-refractivity contribution in [1.29, 1.82) is 0 Å². The molecule has 3 aliphatic heterocycles. The Morgan fingerprint density at radius 3 is 2.23 bits per heavy atom. The third kappa shape index (κ3) is 5.72. The summed E-state index contributed by atoms with van der Waals surface area (Å²) in [5.74, 6) is 1.38. The van der Waals surface area contributed by atoms with Crippen LogP contribution < -0.4 is 19.5 Å². The van der Waals surface area contributed by atoms with Crippen molar-refractivity contribution in [3.63, 3.8) is 0 Å². The molecule has 2 saturated heterocycles. The summed E-state index contributed by atoms with van der Waals surface area (Å²) in [6, 6.07) is 11.5. The van der Waals surface area contributed by atoms with E-state index in [1.165, 1.54) is 11.8 Å². The average molecular weight is 593 g/mol. The molecule has 2 atom stereocenters. The molecule has 0 saturated carbocycles. The number of nitrogens with one attached hydrogen (secondary N) is 1. The maximum Gasteiger partial charge on any atom is 0.327 e. The molecule has 43 heavy (non-hydrogen) atoms. The summed E-state index contributed by atoms with van der Waals surface area (Å²) < 4.78 is 17.3. The minimum atomic E-state index is -0.832. The van der Waals surface area contributed by atoms with Crippen LogP contribution in [-0.4, -0.2) is 77.7 Å². The molecule has 2 aromatic rings. The summed E-state index contributed by atoms with van der Waals surface area (Å²) >= 11 is 0. The van der Waals surface area contributed by atoms with E-state index < -0.39 is 17.7 Å². The molecule has 0 aliphatic carbocycles. The zero-order chi connectivity index (χ0) is 30.7. The van der Waals surface area contributed by atoms with Crippen LogP contribution in [0, 0.1) is 5.41 Å². The molecule has 0 radical (unpaired) electrons. The van der Waals surface area contributed by atoms with Gasteiger partial charge in [0, 0.05) is 38.7 Å². The van der Waals surface area contributed by atoms with E-state index in [1.807, 2.05) is 39.0 Å². The maximum absolute atomic E-state index is 13.6. The Morgan fingerprint density at radius 1 is 0.953 bits per heavy atom. The molecule has 11 nitrogen and oxygen atoms in total. The second kappa shape index (κ2) is 12.5. The highest BCUT2D eigenvalue weighted by Gasteiger charge is 2.63. The molecular weight excluding hydrogens is 552 g/mol. The van der Waals surface area contributed by atoms with Gasteiger partial charge in [-0.15, -0.1) is 0 Å². The Bertz CT molecular complexity index is 1370. The molecular formula is C32H40N4O7. The third-order valence-corrected chi connectivity index (χ3v) is 8.87. The molecule has 0 aromatic heterocycles. The quantitative estimate of drug-likeness (QED) is 0.431. The monoisotopic (exact) mass is 592 g/mol. The number of carbonyl (C=O) groups excluding carboxylic acids is 4. The Hall–Kier alpha value is -4.28. The number of imide groups is 1. The lowest BCUT2D eigenvalue weighted by Crippen LogP contribution is -2.73. The van der Waals surface area contributed by atoms with Crippen LogP contribution >= 0.6 is 0 Å². The highest BCUT2D eigenvalue weighted by atomic mass is 16.7. The van der Waals surface area contributed by atoms with E-state index in [0.29, 0.717) is 68.3 Å². The van der Waals surface area contributed by atoms with E-state index in [9.17, 15) is 19.2 Å². The number of rotatable bonds is 9. The summed E-state index contributed by atoms with van der Waals surface area (Å²) in [4.78, 5) is 56.4. The van der Waals surface area contributed by atoms with E-state index in [0.717, 1.165) is 12.0 Å². The molecule has 2 fully saturated rings. The van der Waals surface area contributed by atoms with Crippen molar-refractivity contribution in [1.82, 2.24) is 20.0 Å². The number of fused-ring (bicyclic) bond motifs is 1. The number of nitrogens with zero attached hydrogens (tertiary/aromatic N) is 3. The first-order chi connectivity index (χ1) is 20.7. The van der Waals surface area contributed by atoms with Crippen molar-refractivity contribution in [2.45, 2.75) is 65.6 Å². The standard InChI is InChI=1S/C32H40N4O7/c1-5-8-25(23-11-14-26-27(19-23)42-20-41-26)33-31(40)36-29(39)32(6-2,7-3)30(36)43-24-12-9-22(10-13-24)28(38)35-17-15-34(16-18-35)21(4)37/h9-14,19,25,30H,5-8,15-18,20H2,1-4H3,(H,33,40)/t25-,30+/m1/s1. The smallest absolute Gasteiger partial charge is 0.327 e. The minimum Gasteiger partial charge on any atom is -0.469 e. The lowest BCUT2D eigenvalue weighted by Gasteiger charge is -2.53. The highest BCUT2D eigenvalue weighted by Crippen LogP contribution is 2.46. The van der Waals surface area contributed by atoms with Crippen molar-refractivity contribution in [2.75, 3.05) is 33.0 Å². The van der Waals surface area contributed by atoms with Crippen LogP contribution in [0.4, 0.5) is 4.79 Å². The van der Waals surface area contributed by atoms with Crippen LogP contribution in [0.5, 0.6) is 17.2 Å². The van der Waals surface area contributed by atoms with Crippen LogP contribution in [-0.2, 0) is 9.59 Å². The number of amides is 5. The first-order valence-corrected chi connectivity index (χ1v) is 15.1. The largest absolute Gasteiger partial charge is 0.469 e. The first-order valence-electron chi connectivity index (χ1n) is 15.1.